The van der Waals surface area contributed by atoms with Crippen molar-refractivity contribution in [3.05, 3.63) is 0 Å². The van der Waals surface area contributed by atoms with Gasteiger partial charge in [0.05, 0.1) is 6.54 Å². The number of Topliss-reactive ketones (excluding diaryl/α,β-unsaturated/α-hetero) is 1. The molecule has 0 aromatic heterocycles. The van der Waals surface area contributed by atoms with Crippen molar-refractivity contribution in [1.82, 2.24) is 5.32 Å². The van der Waals surface area contributed by atoms with E-state index in [0.29, 0.717) is 17.9 Å². The van der Waals surface area contributed by atoms with Crippen LogP contribution in [0.1, 0.15) is 44.9 Å². The van der Waals surface area contributed by atoms with Crippen LogP contribution in [0.15, 0.2) is 0 Å². The highest BCUT2D eigenvalue weighted by Crippen LogP contribution is 2.33. The van der Waals surface area contributed by atoms with E-state index in [2.05, 4.69) is 5.32 Å². The Morgan fingerprint density at radius 2 is 1.83 bits per heavy atom. The first kappa shape index (κ1) is 8.24. The lowest BCUT2D eigenvalue weighted by Gasteiger charge is -2.40. The van der Waals surface area contributed by atoms with Gasteiger partial charge in [0.15, 0.2) is 0 Å². The summed E-state index contributed by atoms with van der Waals surface area (Å²) in [5.74, 6) is 0.395. The lowest BCUT2D eigenvalue weighted by molar-refractivity contribution is -0.121. The largest absolute Gasteiger partial charge is 0.304 e. The molecule has 0 radical (unpaired) electrons. The second-order valence-corrected chi connectivity index (χ2v) is 4.23. The van der Waals surface area contributed by atoms with E-state index in [4.69, 9.17) is 0 Å². The molecule has 0 bridgehead atoms. The normalized spacial score (nSPS) is 29.2. The van der Waals surface area contributed by atoms with E-state index in [1.54, 1.807) is 0 Å². The van der Waals surface area contributed by atoms with Gasteiger partial charge < -0.3 is 5.32 Å². The molecular weight excluding hydrogens is 150 g/mol. The fourth-order valence-corrected chi connectivity index (χ4v) is 2.50. The van der Waals surface area contributed by atoms with Crippen LogP contribution in [0.2, 0.25) is 0 Å². The fourth-order valence-electron chi connectivity index (χ4n) is 2.50. The van der Waals surface area contributed by atoms with Gasteiger partial charge in [0.2, 0.25) is 0 Å². The molecule has 2 heteroatoms. The smallest absolute Gasteiger partial charge is 0.146 e. The molecule has 68 valence electrons. The Hall–Kier alpha value is -0.370. The Labute approximate surface area is 73.7 Å². The maximum absolute atomic E-state index is 11.0. The van der Waals surface area contributed by atoms with Gasteiger partial charge in [0, 0.05) is 12.0 Å². The number of nitrogens with one attached hydrogen (secondary N) is 1. The maximum Gasteiger partial charge on any atom is 0.146 e. The molecule has 1 saturated carbocycles. The second-order valence-electron chi connectivity index (χ2n) is 4.23. The molecule has 1 N–H and O–H groups in total. The molecule has 0 amide bonds. The predicted molar refractivity (Wildman–Crippen MR) is 48.1 cm³/mol. The molecule has 0 atom stereocenters. The molecule has 2 nitrogen and oxygen atoms in total. The monoisotopic (exact) mass is 167 g/mol. The van der Waals surface area contributed by atoms with E-state index in [-0.39, 0.29) is 0 Å². The van der Waals surface area contributed by atoms with Gasteiger partial charge in [-0.1, -0.05) is 19.3 Å². The van der Waals surface area contributed by atoms with Gasteiger partial charge in [-0.25, -0.2) is 0 Å². The van der Waals surface area contributed by atoms with Gasteiger partial charge in [0.1, 0.15) is 5.78 Å². The van der Waals surface area contributed by atoms with Crippen LogP contribution in [0.5, 0.6) is 0 Å². The highest BCUT2D eigenvalue weighted by atomic mass is 16.1. The molecular formula is C10H17NO. The van der Waals surface area contributed by atoms with Crippen molar-refractivity contribution in [3.63, 3.8) is 0 Å². The van der Waals surface area contributed by atoms with Gasteiger partial charge in [-0.3, -0.25) is 4.79 Å². The SMILES string of the molecule is O=C1CCC2(CCCCC2)NC1. The molecule has 1 spiro atoms. The van der Waals surface area contributed by atoms with Crippen molar-refractivity contribution in [2.45, 2.75) is 50.5 Å². The Kier molecular flexibility index (Phi) is 2.18. The summed E-state index contributed by atoms with van der Waals surface area (Å²) in [4.78, 5) is 11.0. The van der Waals surface area contributed by atoms with E-state index in [9.17, 15) is 4.79 Å². The van der Waals surface area contributed by atoms with Crippen molar-refractivity contribution < 1.29 is 4.79 Å². The van der Waals surface area contributed by atoms with Crippen LogP contribution in [0, 0.1) is 0 Å². The number of piperidine rings is 1. The van der Waals surface area contributed by atoms with E-state index >= 15 is 0 Å². The first-order valence-electron chi connectivity index (χ1n) is 5.08. The lowest BCUT2D eigenvalue weighted by Crippen LogP contribution is -2.52. The van der Waals surface area contributed by atoms with Crippen LogP contribution in [0.4, 0.5) is 0 Å². The van der Waals surface area contributed by atoms with Gasteiger partial charge in [-0.15, -0.1) is 0 Å². The third-order valence-electron chi connectivity index (χ3n) is 3.35. The highest BCUT2D eigenvalue weighted by Gasteiger charge is 2.34. The molecule has 12 heavy (non-hydrogen) atoms. The van der Waals surface area contributed by atoms with Crippen molar-refractivity contribution in [3.8, 4) is 0 Å². The van der Waals surface area contributed by atoms with E-state index in [0.717, 1.165) is 12.8 Å². The van der Waals surface area contributed by atoms with Crippen LogP contribution in [-0.2, 0) is 4.79 Å². The average molecular weight is 167 g/mol. The zero-order valence-corrected chi connectivity index (χ0v) is 7.57. The summed E-state index contributed by atoms with van der Waals surface area (Å²) in [6.07, 6.45) is 8.57. The zero-order valence-electron chi connectivity index (χ0n) is 7.57. The van der Waals surface area contributed by atoms with E-state index < -0.39 is 0 Å². The Morgan fingerprint density at radius 1 is 1.08 bits per heavy atom. The van der Waals surface area contributed by atoms with Gasteiger partial charge in [-0.2, -0.15) is 0 Å². The zero-order chi connectivity index (χ0) is 8.44. The standard InChI is InChI=1S/C10H17NO/c12-9-4-7-10(11-8-9)5-2-1-3-6-10/h11H,1-8H2. The Morgan fingerprint density at radius 3 is 2.42 bits per heavy atom. The predicted octanol–water partition coefficient (Wildman–Crippen LogP) is 1.64. The summed E-state index contributed by atoms with van der Waals surface area (Å²) >= 11 is 0. The third kappa shape index (κ3) is 1.53. The van der Waals surface area contributed by atoms with Crippen LogP contribution >= 0.6 is 0 Å². The van der Waals surface area contributed by atoms with Crippen molar-refractivity contribution >= 4 is 5.78 Å². The second kappa shape index (κ2) is 3.17. The van der Waals surface area contributed by atoms with Crippen molar-refractivity contribution in [1.29, 1.82) is 0 Å². The Bertz CT molecular complexity index is 170. The van der Waals surface area contributed by atoms with E-state index in [1.807, 2.05) is 0 Å². The minimum atomic E-state index is 0.367. The van der Waals surface area contributed by atoms with E-state index in [1.165, 1.54) is 32.1 Å². The molecule has 0 unspecified atom stereocenters. The highest BCUT2D eigenvalue weighted by molar-refractivity contribution is 5.81. The molecule has 2 fully saturated rings. The first-order valence-corrected chi connectivity index (χ1v) is 5.08. The number of rotatable bonds is 0. The van der Waals surface area contributed by atoms with Crippen LogP contribution in [-0.4, -0.2) is 17.9 Å². The minimum Gasteiger partial charge on any atom is -0.304 e. The molecule has 0 aromatic carbocycles. The Balaban J connectivity index is 1.96. The molecule has 2 aliphatic rings. The molecule has 1 heterocycles. The van der Waals surface area contributed by atoms with Crippen LogP contribution < -0.4 is 5.32 Å². The van der Waals surface area contributed by atoms with Gasteiger partial charge >= 0.3 is 0 Å². The molecule has 0 aromatic rings. The minimum absolute atomic E-state index is 0.367. The molecule has 1 aliphatic carbocycles. The van der Waals surface area contributed by atoms with Crippen molar-refractivity contribution in [2.75, 3.05) is 6.54 Å². The summed E-state index contributed by atoms with van der Waals surface area (Å²) < 4.78 is 0. The number of carbonyl (C=O) groups excluding carboxylic acids is 1. The average Bonchev–Trinajstić information content (AvgIpc) is 2.13. The third-order valence-corrected chi connectivity index (χ3v) is 3.35. The molecule has 1 aliphatic heterocycles. The van der Waals surface area contributed by atoms with Gasteiger partial charge in [-0.05, 0) is 19.3 Å². The summed E-state index contributed by atoms with van der Waals surface area (Å²) in [5, 5.41) is 3.43. The fraction of sp³-hybridized carbons (Fsp3) is 0.900. The quantitative estimate of drug-likeness (QED) is 0.594. The first-order chi connectivity index (χ1) is 5.81. The number of carbonyl (C=O) groups is 1. The number of hydrogen-bond donors (Lipinski definition) is 1. The number of hydrogen-bond acceptors (Lipinski definition) is 2. The molecule has 1 saturated heterocycles. The topological polar surface area (TPSA) is 29.1 Å². The summed E-state index contributed by atoms with van der Waals surface area (Å²) in [5.41, 5.74) is 0.367. The molecule has 2 rings (SSSR count). The summed E-state index contributed by atoms with van der Waals surface area (Å²) in [6.45, 7) is 0.625. The van der Waals surface area contributed by atoms with Crippen LogP contribution in [0.25, 0.3) is 0 Å². The van der Waals surface area contributed by atoms with Gasteiger partial charge in [0.25, 0.3) is 0 Å². The summed E-state index contributed by atoms with van der Waals surface area (Å²) in [7, 11) is 0. The lowest BCUT2D eigenvalue weighted by atomic mass is 9.76. The summed E-state index contributed by atoms with van der Waals surface area (Å²) in [6, 6.07) is 0. The number of ketones is 1. The van der Waals surface area contributed by atoms with Crippen molar-refractivity contribution in [2.24, 2.45) is 0 Å². The van der Waals surface area contributed by atoms with Crippen LogP contribution in [0.3, 0.4) is 0 Å². The maximum atomic E-state index is 11.0.